The molecule has 0 aliphatic heterocycles. The van der Waals surface area contributed by atoms with Crippen LogP contribution >= 0.6 is 11.3 Å². The smallest absolute Gasteiger partial charge is 0.259 e. The number of carbonyl (C=O) groups excluding carboxylic acids is 1. The van der Waals surface area contributed by atoms with E-state index in [2.05, 4.69) is 10.5 Å². The maximum atomic E-state index is 11.8. The summed E-state index contributed by atoms with van der Waals surface area (Å²) in [7, 11) is 0. The number of benzene rings is 1. The van der Waals surface area contributed by atoms with Crippen molar-refractivity contribution >= 4 is 34.4 Å². The van der Waals surface area contributed by atoms with Gasteiger partial charge in [-0.1, -0.05) is 24.3 Å². The molecule has 0 saturated heterocycles. The van der Waals surface area contributed by atoms with Crippen molar-refractivity contribution in [1.82, 2.24) is 9.99 Å². The van der Waals surface area contributed by atoms with E-state index in [1.165, 1.54) is 0 Å². The minimum Gasteiger partial charge on any atom is -0.338 e. The van der Waals surface area contributed by atoms with Crippen molar-refractivity contribution < 1.29 is 4.79 Å². The average molecular weight is 283 g/mol. The molecule has 3 rings (SSSR count). The van der Waals surface area contributed by atoms with Crippen LogP contribution in [0.3, 0.4) is 0 Å². The van der Waals surface area contributed by atoms with Gasteiger partial charge in [-0.15, -0.1) is 11.3 Å². The van der Waals surface area contributed by atoms with E-state index >= 15 is 0 Å². The summed E-state index contributed by atoms with van der Waals surface area (Å²) in [4.78, 5) is 12.9. The van der Waals surface area contributed by atoms with Gasteiger partial charge in [0.15, 0.2) is 0 Å². The van der Waals surface area contributed by atoms with Gasteiger partial charge in [0.2, 0.25) is 0 Å². The largest absolute Gasteiger partial charge is 0.338 e. The van der Waals surface area contributed by atoms with Crippen molar-refractivity contribution in [3.63, 3.8) is 0 Å². The first-order valence-corrected chi connectivity index (χ1v) is 7.10. The molecular weight excluding hydrogens is 270 g/mol. The average Bonchev–Trinajstić information content (AvgIpc) is 3.09. The van der Waals surface area contributed by atoms with Gasteiger partial charge >= 0.3 is 0 Å². The molecule has 0 spiro atoms. The topological polar surface area (TPSA) is 46.4 Å². The number of rotatable bonds is 4. The third-order valence-electron chi connectivity index (χ3n) is 2.92. The summed E-state index contributed by atoms with van der Waals surface area (Å²) in [6.07, 6.45) is 3.56. The van der Waals surface area contributed by atoms with E-state index in [9.17, 15) is 4.79 Å². The molecule has 0 radical (unpaired) electrons. The second-order valence-electron chi connectivity index (χ2n) is 4.31. The fourth-order valence-electron chi connectivity index (χ4n) is 2.00. The van der Waals surface area contributed by atoms with E-state index < -0.39 is 0 Å². The van der Waals surface area contributed by atoms with Crippen molar-refractivity contribution in [2.24, 2.45) is 5.10 Å². The lowest BCUT2D eigenvalue weighted by Crippen LogP contribution is -2.22. The van der Waals surface area contributed by atoms with Gasteiger partial charge in [0.05, 0.1) is 6.21 Å². The van der Waals surface area contributed by atoms with Crippen molar-refractivity contribution in [2.45, 2.75) is 6.54 Å². The molecule has 1 amide bonds. The van der Waals surface area contributed by atoms with Crippen molar-refractivity contribution in [2.75, 3.05) is 0 Å². The second-order valence-corrected chi connectivity index (χ2v) is 5.29. The van der Waals surface area contributed by atoms with Crippen molar-refractivity contribution in [3.8, 4) is 0 Å². The van der Waals surface area contributed by atoms with Crippen molar-refractivity contribution in [1.29, 1.82) is 0 Å². The molecule has 3 aromatic rings. The number of carbonyl (C=O) groups is 1. The number of hydrazone groups is 1. The molecule has 1 aromatic carbocycles. The van der Waals surface area contributed by atoms with Crippen LogP contribution in [0.4, 0.5) is 0 Å². The van der Waals surface area contributed by atoms with E-state index in [0.717, 1.165) is 15.8 Å². The zero-order valence-corrected chi connectivity index (χ0v) is 11.5. The normalized spacial score (nSPS) is 11.2. The molecule has 0 atom stereocenters. The van der Waals surface area contributed by atoms with E-state index in [-0.39, 0.29) is 12.5 Å². The Morgan fingerprint density at radius 1 is 1.25 bits per heavy atom. The number of nitrogens with one attached hydrogen (secondary N) is 1. The Kier molecular flexibility index (Phi) is 3.60. The van der Waals surface area contributed by atoms with Gasteiger partial charge in [0, 0.05) is 16.6 Å². The van der Waals surface area contributed by atoms with E-state index in [0.29, 0.717) is 0 Å². The molecule has 0 aliphatic rings. The summed E-state index contributed by atoms with van der Waals surface area (Å²) >= 11 is 1.58. The van der Waals surface area contributed by atoms with Crippen LogP contribution in [0.1, 0.15) is 4.88 Å². The molecule has 2 heterocycles. The first-order chi connectivity index (χ1) is 9.83. The minimum absolute atomic E-state index is 0.140. The quantitative estimate of drug-likeness (QED) is 0.581. The lowest BCUT2D eigenvalue weighted by molar-refractivity contribution is -0.121. The predicted molar refractivity (Wildman–Crippen MR) is 82.0 cm³/mol. The number of amides is 1. The summed E-state index contributed by atoms with van der Waals surface area (Å²) < 4.78 is 1.91. The van der Waals surface area contributed by atoms with Crippen LogP contribution in [0.15, 0.2) is 59.1 Å². The first-order valence-electron chi connectivity index (χ1n) is 6.22. The molecule has 20 heavy (non-hydrogen) atoms. The monoisotopic (exact) mass is 283 g/mol. The number of nitrogens with zero attached hydrogens (tertiary/aromatic N) is 2. The number of para-hydroxylation sites is 1. The fraction of sp³-hybridized carbons (Fsp3) is 0.0667. The third-order valence-corrected chi connectivity index (χ3v) is 3.73. The van der Waals surface area contributed by atoms with Crippen LogP contribution in [0.5, 0.6) is 0 Å². The highest BCUT2D eigenvalue weighted by atomic mass is 32.1. The highest BCUT2D eigenvalue weighted by molar-refractivity contribution is 7.11. The Hall–Kier alpha value is -2.40. The molecule has 0 bridgehead atoms. The van der Waals surface area contributed by atoms with Gasteiger partial charge in [-0.05, 0) is 29.0 Å². The van der Waals surface area contributed by atoms with Gasteiger partial charge in [-0.25, -0.2) is 5.43 Å². The van der Waals surface area contributed by atoms with E-state index in [4.69, 9.17) is 0 Å². The third kappa shape index (κ3) is 2.78. The SMILES string of the molecule is O=C(Cn1ccc2ccccc21)NN=Cc1cccs1. The van der Waals surface area contributed by atoms with Crippen LogP contribution in [0.2, 0.25) is 0 Å². The Labute approximate surface area is 120 Å². The maximum Gasteiger partial charge on any atom is 0.259 e. The summed E-state index contributed by atoms with van der Waals surface area (Å²) in [5, 5.41) is 7.04. The Morgan fingerprint density at radius 3 is 3.00 bits per heavy atom. The lowest BCUT2D eigenvalue weighted by atomic mass is 10.2. The number of aromatic nitrogens is 1. The summed E-state index contributed by atoms with van der Waals surface area (Å²) in [5.41, 5.74) is 3.59. The van der Waals surface area contributed by atoms with Crippen LogP contribution < -0.4 is 5.43 Å². The van der Waals surface area contributed by atoms with Gasteiger partial charge in [0.25, 0.3) is 5.91 Å². The number of fused-ring (bicyclic) bond motifs is 1. The maximum absolute atomic E-state index is 11.8. The fourth-order valence-corrected chi connectivity index (χ4v) is 2.59. The van der Waals surface area contributed by atoms with E-state index in [1.54, 1.807) is 17.6 Å². The number of hydrogen-bond donors (Lipinski definition) is 1. The molecule has 0 aliphatic carbocycles. The predicted octanol–water partition coefficient (Wildman–Crippen LogP) is 2.85. The molecule has 0 saturated carbocycles. The zero-order valence-electron chi connectivity index (χ0n) is 10.7. The van der Waals surface area contributed by atoms with Crippen LogP contribution in [-0.4, -0.2) is 16.7 Å². The van der Waals surface area contributed by atoms with Gasteiger partial charge < -0.3 is 4.57 Å². The Morgan fingerprint density at radius 2 is 2.15 bits per heavy atom. The molecule has 5 heteroatoms. The van der Waals surface area contributed by atoms with Gasteiger partial charge in [0.1, 0.15) is 6.54 Å². The molecule has 0 unspecified atom stereocenters. The first kappa shape index (κ1) is 12.6. The summed E-state index contributed by atoms with van der Waals surface area (Å²) in [5.74, 6) is -0.140. The van der Waals surface area contributed by atoms with Crippen molar-refractivity contribution in [3.05, 3.63) is 58.9 Å². The van der Waals surface area contributed by atoms with Gasteiger partial charge in [-0.3, -0.25) is 4.79 Å². The molecule has 0 fully saturated rings. The molecule has 1 N–H and O–H groups in total. The minimum atomic E-state index is -0.140. The second kappa shape index (κ2) is 5.71. The summed E-state index contributed by atoms with van der Waals surface area (Å²) in [6.45, 7) is 0.259. The summed E-state index contributed by atoms with van der Waals surface area (Å²) in [6, 6.07) is 13.9. The highest BCUT2D eigenvalue weighted by Crippen LogP contribution is 2.14. The Balaban J connectivity index is 1.64. The lowest BCUT2D eigenvalue weighted by Gasteiger charge is -2.03. The van der Waals surface area contributed by atoms with Crippen LogP contribution in [0, 0.1) is 0 Å². The molecule has 4 nitrogen and oxygen atoms in total. The number of hydrogen-bond acceptors (Lipinski definition) is 3. The van der Waals surface area contributed by atoms with Gasteiger partial charge in [-0.2, -0.15) is 5.10 Å². The standard InChI is InChI=1S/C15H13N3OS/c19-15(17-16-10-13-5-3-9-20-13)11-18-8-7-12-4-1-2-6-14(12)18/h1-10H,11H2,(H,17,19). The number of thiophene rings is 1. The molecular formula is C15H13N3OS. The molecule has 2 aromatic heterocycles. The zero-order chi connectivity index (χ0) is 13.8. The van der Waals surface area contributed by atoms with Crippen LogP contribution in [0.25, 0.3) is 10.9 Å². The van der Waals surface area contributed by atoms with Crippen LogP contribution in [-0.2, 0) is 11.3 Å². The van der Waals surface area contributed by atoms with E-state index in [1.807, 2.05) is 58.6 Å². The molecule has 100 valence electrons. The Bertz CT molecular complexity index is 743. The highest BCUT2D eigenvalue weighted by Gasteiger charge is 2.04.